The molecule has 0 saturated carbocycles. The van der Waals surface area contributed by atoms with Crippen LogP contribution in [0, 0.1) is 0 Å². The molecule has 0 bridgehead atoms. The Hall–Kier alpha value is -1.73. The first kappa shape index (κ1) is 16.6. The number of rotatable bonds is 7. The molecular formula is C15H19NO5S. The molecular weight excluding hydrogens is 306 g/mol. The predicted octanol–water partition coefficient (Wildman–Crippen LogP) is 0.933. The molecule has 2 N–H and O–H groups in total. The highest BCUT2D eigenvalue weighted by molar-refractivity contribution is 7.85. The summed E-state index contributed by atoms with van der Waals surface area (Å²) in [6, 6.07) is 7.79. The standard InChI is InChI=1S/C15H19NO5S/c17-14(13-7-4-9-21-13)16-12(15(18)19)8-10-22(20)11-5-2-1-3-6-11/h1-3,5-6,12-13H,4,7-10H2,(H,16,17)(H,18,19)/t12-,13+,22+/m0/s1. The van der Waals surface area contributed by atoms with Gasteiger partial charge in [0.15, 0.2) is 0 Å². The molecule has 120 valence electrons. The van der Waals surface area contributed by atoms with E-state index in [4.69, 9.17) is 4.74 Å². The van der Waals surface area contributed by atoms with Crippen molar-refractivity contribution in [2.24, 2.45) is 0 Å². The highest BCUT2D eigenvalue weighted by Crippen LogP contribution is 2.13. The van der Waals surface area contributed by atoms with E-state index in [0.29, 0.717) is 17.9 Å². The number of carbonyl (C=O) groups excluding carboxylic acids is 1. The third kappa shape index (κ3) is 4.64. The highest BCUT2D eigenvalue weighted by atomic mass is 32.2. The molecule has 7 heteroatoms. The smallest absolute Gasteiger partial charge is 0.326 e. The molecule has 1 aromatic rings. The van der Waals surface area contributed by atoms with Gasteiger partial charge < -0.3 is 15.2 Å². The van der Waals surface area contributed by atoms with Crippen molar-refractivity contribution in [1.82, 2.24) is 5.32 Å². The first-order chi connectivity index (χ1) is 10.6. The number of benzene rings is 1. The molecule has 3 atom stereocenters. The molecule has 1 aliphatic rings. The molecule has 2 rings (SSSR count). The van der Waals surface area contributed by atoms with Crippen LogP contribution in [0.4, 0.5) is 0 Å². The van der Waals surface area contributed by atoms with Gasteiger partial charge >= 0.3 is 5.97 Å². The SMILES string of the molecule is O=C(O)[C@H](CC[S@@](=O)c1ccccc1)NC(=O)[C@H]1CCCO1. The Balaban J connectivity index is 1.87. The van der Waals surface area contributed by atoms with E-state index < -0.39 is 34.8 Å². The number of aliphatic carboxylic acids is 1. The van der Waals surface area contributed by atoms with Gasteiger partial charge in [-0.05, 0) is 31.4 Å². The van der Waals surface area contributed by atoms with Crippen molar-refractivity contribution in [3.05, 3.63) is 30.3 Å². The number of amides is 1. The lowest BCUT2D eigenvalue weighted by Gasteiger charge is -2.17. The lowest BCUT2D eigenvalue weighted by Crippen LogP contribution is -2.45. The van der Waals surface area contributed by atoms with Crippen LogP contribution < -0.4 is 5.32 Å². The summed E-state index contributed by atoms with van der Waals surface area (Å²) in [4.78, 5) is 23.8. The minimum atomic E-state index is -1.28. The minimum Gasteiger partial charge on any atom is -0.480 e. The number of nitrogens with one attached hydrogen (secondary N) is 1. The van der Waals surface area contributed by atoms with Gasteiger partial charge in [0.2, 0.25) is 5.91 Å². The van der Waals surface area contributed by atoms with Crippen molar-refractivity contribution in [3.63, 3.8) is 0 Å². The van der Waals surface area contributed by atoms with Gasteiger partial charge in [0.25, 0.3) is 0 Å². The molecule has 0 aromatic heterocycles. The minimum absolute atomic E-state index is 0.106. The zero-order valence-corrected chi connectivity index (χ0v) is 12.9. The van der Waals surface area contributed by atoms with Crippen LogP contribution in [0.5, 0.6) is 0 Å². The van der Waals surface area contributed by atoms with Crippen molar-refractivity contribution >= 4 is 22.7 Å². The summed E-state index contributed by atoms with van der Waals surface area (Å²) in [5, 5.41) is 11.7. The number of carbonyl (C=O) groups is 2. The molecule has 1 heterocycles. The predicted molar refractivity (Wildman–Crippen MR) is 80.9 cm³/mol. The summed E-state index contributed by atoms with van der Waals surface area (Å²) in [6.07, 6.45) is 0.943. The monoisotopic (exact) mass is 325 g/mol. The molecule has 1 amide bonds. The van der Waals surface area contributed by atoms with E-state index in [1.807, 2.05) is 6.07 Å². The van der Waals surface area contributed by atoms with Crippen LogP contribution in [0.2, 0.25) is 0 Å². The number of carboxylic acids is 1. The van der Waals surface area contributed by atoms with Gasteiger partial charge in [-0.3, -0.25) is 9.00 Å². The Morgan fingerprint density at radius 2 is 2.09 bits per heavy atom. The molecule has 0 aliphatic carbocycles. The lowest BCUT2D eigenvalue weighted by molar-refractivity contribution is -0.143. The maximum Gasteiger partial charge on any atom is 0.326 e. The number of hydrogen-bond donors (Lipinski definition) is 2. The first-order valence-electron chi connectivity index (χ1n) is 7.16. The number of carboxylic acid groups (broad SMARTS) is 1. The highest BCUT2D eigenvalue weighted by Gasteiger charge is 2.28. The summed E-state index contributed by atoms with van der Waals surface area (Å²) in [6.45, 7) is 0.522. The molecule has 0 unspecified atom stereocenters. The van der Waals surface area contributed by atoms with Gasteiger partial charge in [-0.25, -0.2) is 4.79 Å². The van der Waals surface area contributed by atoms with Crippen LogP contribution in [0.1, 0.15) is 19.3 Å². The third-order valence-electron chi connectivity index (χ3n) is 3.43. The quantitative estimate of drug-likeness (QED) is 0.778. The molecule has 1 aliphatic heterocycles. The fourth-order valence-electron chi connectivity index (χ4n) is 2.22. The molecule has 0 radical (unpaired) electrons. The fraction of sp³-hybridized carbons (Fsp3) is 0.467. The van der Waals surface area contributed by atoms with Gasteiger partial charge in [-0.1, -0.05) is 18.2 Å². The first-order valence-corrected chi connectivity index (χ1v) is 8.48. The average molecular weight is 325 g/mol. The summed E-state index contributed by atoms with van der Waals surface area (Å²) < 4.78 is 17.3. The van der Waals surface area contributed by atoms with Gasteiger partial charge in [-0.2, -0.15) is 0 Å². The van der Waals surface area contributed by atoms with E-state index in [0.717, 1.165) is 6.42 Å². The van der Waals surface area contributed by atoms with Crippen molar-refractivity contribution in [1.29, 1.82) is 0 Å². The van der Waals surface area contributed by atoms with Gasteiger partial charge in [0.05, 0.1) is 10.8 Å². The van der Waals surface area contributed by atoms with Crippen LogP contribution in [0.15, 0.2) is 35.2 Å². The summed E-state index contributed by atoms with van der Waals surface area (Å²) in [7, 11) is -1.28. The summed E-state index contributed by atoms with van der Waals surface area (Å²) >= 11 is 0. The Kier molecular flexibility index (Phi) is 6.09. The van der Waals surface area contributed by atoms with Crippen LogP contribution in [-0.2, 0) is 25.1 Å². The Bertz CT molecular complexity index is 542. The Labute approximate surface area is 131 Å². The van der Waals surface area contributed by atoms with Crippen molar-refractivity contribution in [2.75, 3.05) is 12.4 Å². The summed E-state index contributed by atoms with van der Waals surface area (Å²) in [5.74, 6) is -1.36. The average Bonchev–Trinajstić information content (AvgIpc) is 3.06. The van der Waals surface area contributed by atoms with E-state index in [1.165, 1.54) is 0 Å². The second-order valence-corrected chi connectivity index (χ2v) is 6.62. The lowest BCUT2D eigenvalue weighted by atomic mass is 10.2. The van der Waals surface area contributed by atoms with E-state index in [2.05, 4.69) is 5.32 Å². The molecule has 1 aromatic carbocycles. The van der Waals surface area contributed by atoms with Crippen LogP contribution in [0.3, 0.4) is 0 Å². The van der Waals surface area contributed by atoms with Crippen molar-refractivity contribution in [3.8, 4) is 0 Å². The van der Waals surface area contributed by atoms with Gasteiger partial charge in [-0.15, -0.1) is 0 Å². The van der Waals surface area contributed by atoms with E-state index >= 15 is 0 Å². The topological polar surface area (TPSA) is 92.7 Å². The van der Waals surface area contributed by atoms with E-state index in [-0.39, 0.29) is 12.2 Å². The van der Waals surface area contributed by atoms with E-state index in [9.17, 15) is 18.9 Å². The fourth-order valence-corrected chi connectivity index (χ4v) is 3.37. The second-order valence-electron chi connectivity index (χ2n) is 5.05. The molecule has 1 saturated heterocycles. The van der Waals surface area contributed by atoms with E-state index in [1.54, 1.807) is 24.3 Å². The third-order valence-corrected chi connectivity index (χ3v) is 4.84. The second kappa shape index (κ2) is 8.05. The van der Waals surface area contributed by atoms with Crippen LogP contribution in [-0.4, -0.2) is 45.7 Å². The molecule has 22 heavy (non-hydrogen) atoms. The maximum absolute atomic E-state index is 12.1. The Morgan fingerprint density at radius 3 is 2.68 bits per heavy atom. The molecule has 6 nitrogen and oxygen atoms in total. The Morgan fingerprint density at radius 1 is 1.36 bits per heavy atom. The van der Waals surface area contributed by atoms with Crippen LogP contribution >= 0.6 is 0 Å². The maximum atomic E-state index is 12.1. The number of ether oxygens (including phenoxy) is 1. The normalized spacial score (nSPS) is 20.3. The molecule has 1 fully saturated rings. The van der Waals surface area contributed by atoms with Crippen molar-refractivity contribution < 1.29 is 23.6 Å². The van der Waals surface area contributed by atoms with Crippen molar-refractivity contribution in [2.45, 2.75) is 36.3 Å². The number of hydrogen-bond acceptors (Lipinski definition) is 4. The zero-order valence-electron chi connectivity index (χ0n) is 12.1. The van der Waals surface area contributed by atoms with Gasteiger partial charge in [0, 0.05) is 17.3 Å². The summed E-state index contributed by atoms with van der Waals surface area (Å²) in [5.41, 5.74) is 0. The zero-order chi connectivity index (χ0) is 15.9. The van der Waals surface area contributed by atoms with Crippen LogP contribution in [0.25, 0.3) is 0 Å². The molecule has 0 spiro atoms. The van der Waals surface area contributed by atoms with Gasteiger partial charge in [0.1, 0.15) is 12.1 Å². The largest absolute Gasteiger partial charge is 0.480 e.